The lowest BCUT2D eigenvalue weighted by molar-refractivity contribution is -0.139. The highest BCUT2D eigenvalue weighted by Gasteiger charge is 1.91. The van der Waals surface area contributed by atoms with Crippen molar-refractivity contribution in [3.8, 4) is 11.8 Å². The third-order valence-electron chi connectivity index (χ3n) is 2.24. The number of ether oxygens (including phenoxy) is 2. The van der Waals surface area contributed by atoms with Gasteiger partial charge < -0.3 is 9.47 Å². The molecule has 0 aliphatic rings. The Morgan fingerprint density at radius 2 is 1.89 bits per heavy atom. The van der Waals surface area contributed by atoms with Crippen LogP contribution in [0.4, 0.5) is 0 Å². The Morgan fingerprint density at radius 3 is 2.61 bits per heavy atom. The zero-order valence-electron chi connectivity index (χ0n) is 10.6. The molecule has 1 aromatic rings. The molecule has 0 saturated heterocycles. The van der Waals surface area contributed by atoms with Crippen LogP contribution in [-0.4, -0.2) is 25.8 Å². The Kier molecular flexibility index (Phi) is 7.34. The van der Waals surface area contributed by atoms with Crippen LogP contribution < -0.4 is 0 Å². The number of aryl methyl sites for hydroxylation is 1. The van der Waals surface area contributed by atoms with Crippen molar-refractivity contribution in [3.05, 3.63) is 35.9 Å². The number of benzene rings is 1. The topological polar surface area (TPSA) is 35.5 Å². The summed E-state index contributed by atoms with van der Waals surface area (Å²) in [6, 6.07) is 10.3. The first-order chi connectivity index (χ1) is 8.79. The van der Waals surface area contributed by atoms with Gasteiger partial charge in [-0.05, 0) is 18.4 Å². The zero-order valence-corrected chi connectivity index (χ0v) is 10.6. The van der Waals surface area contributed by atoms with E-state index in [4.69, 9.17) is 4.74 Å². The maximum Gasteiger partial charge on any atom is 0.303 e. The minimum atomic E-state index is -0.312. The molecular formula is C15H18O3. The van der Waals surface area contributed by atoms with Crippen molar-refractivity contribution in [2.45, 2.75) is 19.8 Å². The Morgan fingerprint density at radius 1 is 1.17 bits per heavy atom. The SMILES string of the molecule is CC(=O)OCC#CCOCCCc1ccccc1. The zero-order chi connectivity index (χ0) is 13.1. The lowest BCUT2D eigenvalue weighted by atomic mass is 10.1. The molecule has 0 unspecified atom stereocenters. The Labute approximate surface area is 108 Å². The quantitative estimate of drug-likeness (QED) is 0.438. The van der Waals surface area contributed by atoms with Gasteiger partial charge in [0.05, 0.1) is 0 Å². The molecule has 0 atom stereocenters. The summed E-state index contributed by atoms with van der Waals surface area (Å²) in [6.07, 6.45) is 2.00. The average Bonchev–Trinajstić information content (AvgIpc) is 2.37. The molecule has 0 heterocycles. The molecular weight excluding hydrogens is 228 g/mol. The predicted octanol–water partition coefficient (Wildman–Crippen LogP) is 2.20. The summed E-state index contributed by atoms with van der Waals surface area (Å²) in [5.74, 6) is 5.19. The van der Waals surface area contributed by atoms with Crippen molar-refractivity contribution in [2.75, 3.05) is 19.8 Å². The van der Waals surface area contributed by atoms with Crippen molar-refractivity contribution in [1.82, 2.24) is 0 Å². The summed E-state index contributed by atoms with van der Waals surface area (Å²) in [7, 11) is 0. The van der Waals surface area contributed by atoms with Gasteiger partial charge in [0.2, 0.25) is 0 Å². The molecule has 0 aliphatic carbocycles. The van der Waals surface area contributed by atoms with Crippen LogP contribution in [0.2, 0.25) is 0 Å². The largest absolute Gasteiger partial charge is 0.453 e. The normalized spacial score (nSPS) is 9.39. The molecule has 0 bridgehead atoms. The van der Waals surface area contributed by atoms with E-state index < -0.39 is 0 Å². The van der Waals surface area contributed by atoms with E-state index in [-0.39, 0.29) is 12.6 Å². The van der Waals surface area contributed by atoms with Crippen LogP contribution in [0.25, 0.3) is 0 Å². The highest BCUT2D eigenvalue weighted by Crippen LogP contribution is 2.01. The van der Waals surface area contributed by atoms with Gasteiger partial charge in [0, 0.05) is 13.5 Å². The van der Waals surface area contributed by atoms with Crippen molar-refractivity contribution in [3.63, 3.8) is 0 Å². The van der Waals surface area contributed by atoms with Crippen LogP contribution in [0.1, 0.15) is 18.9 Å². The highest BCUT2D eigenvalue weighted by atomic mass is 16.5. The second-order valence-electron chi connectivity index (χ2n) is 3.78. The highest BCUT2D eigenvalue weighted by molar-refractivity contribution is 5.66. The third kappa shape index (κ3) is 7.48. The molecule has 0 aliphatic heterocycles. The standard InChI is InChI=1S/C15H18O3/c1-14(16)18-13-6-5-11-17-12-7-10-15-8-3-2-4-9-15/h2-4,8-9H,7,10-13H2,1H3. The molecule has 0 amide bonds. The fourth-order valence-corrected chi connectivity index (χ4v) is 1.39. The lowest BCUT2D eigenvalue weighted by Crippen LogP contribution is -1.99. The third-order valence-corrected chi connectivity index (χ3v) is 2.24. The van der Waals surface area contributed by atoms with Gasteiger partial charge in [-0.3, -0.25) is 4.79 Å². The number of carbonyl (C=O) groups excluding carboxylic acids is 1. The number of hydrogen-bond acceptors (Lipinski definition) is 3. The first kappa shape index (κ1) is 14.3. The minimum Gasteiger partial charge on any atom is -0.453 e. The Hall–Kier alpha value is -1.79. The monoisotopic (exact) mass is 246 g/mol. The van der Waals surface area contributed by atoms with Crippen molar-refractivity contribution >= 4 is 5.97 Å². The average molecular weight is 246 g/mol. The summed E-state index contributed by atoms with van der Waals surface area (Å²) >= 11 is 0. The van der Waals surface area contributed by atoms with Crippen molar-refractivity contribution < 1.29 is 14.3 Å². The predicted molar refractivity (Wildman–Crippen MR) is 70.0 cm³/mol. The summed E-state index contributed by atoms with van der Waals surface area (Å²) < 4.78 is 10.0. The molecule has 0 N–H and O–H groups in total. The van der Waals surface area contributed by atoms with E-state index >= 15 is 0 Å². The van der Waals surface area contributed by atoms with Gasteiger partial charge in [-0.2, -0.15) is 0 Å². The number of carbonyl (C=O) groups is 1. The molecule has 18 heavy (non-hydrogen) atoms. The van der Waals surface area contributed by atoms with Crippen LogP contribution in [0.5, 0.6) is 0 Å². The van der Waals surface area contributed by atoms with E-state index in [0.717, 1.165) is 12.8 Å². The molecule has 1 aromatic carbocycles. The van der Waals surface area contributed by atoms with E-state index in [1.165, 1.54) is 12.5 Å². The van der Waals surface area contributed by atoms with Gasteiger partial charge in [-0.25, -0.2) is 0 Å². The van der Waals surface area contributed by atoms with E-state index in [2.05, 4.69) is 28.7 Å². The van der Waals surface area contributed by atoms with Crippen LogP contribution >= 0.6 is 0 Å². The smallest absolute Gasteiger partial charge is 0.303 e. The second-order valence-corrected chi connectivity index (χ2v) is 3.78. The summed E-state index contributed by atoms with van der Waals surface area (Å²) in [6.45, 7) is 2.58. The van der Waals surface area contributed by atoms with E-state index in [0.29, 0.717) is 13.2 Å². The Bertz CT molecular complexity index is 401. The fraction of sp³-hybridized carbons (Fsp3) is 0.400. The molecule has 0 spiro atoms. The van der Waals surface area contributed by atoms with Gasteiger partial charge in [0.25, 0.3) is 0 Å². The van der Waals surface area contributed by atoms with Crippen LogP contribution in [-0.2, 0) is 20.7 Å². The van der Waals surface area contributed by atoms with Gasteiger partial charge >= 0.3 is 5.97 Å². The van der Waals surface area contributed by atoms with Crippen LogP contribution in [0.3, 0.4) is 0 Å². The summed E-state index contributed by atoms with van der Waals surface area (Å²) in [5.41, 5.74) is 1.32. The molecule has 0 aromatic heterocycles. The number of hydrogen-bond donors (Lipinski definition) is 0. The van der Waals surface area contributed by atoms with Gasteiger partial charge in [-0.15, -0.1) is 0 Å². The minimum absolute atomic E-state index is 0.142. The van der Waals surface area contributed by atoms with Crippen LogP contribution in [0, 0.1) is 11.8 Å². The fourth-order valence-electron chi connectivity index (χ4n) is 1.39. The van der Waals surface area contributed by atoms with Gasteiger partial charge in [-0.1, -0.05) is 42.2 Å². The molecule has 3 nitrogen and oxygen atoms in total. The van der Waals surface area contributed by atoms with Crippen molar-refractivity contribution in [1.29, 1.82) is 0 Å². The first-order valence-electron chi connectivity index (χ1n) is 6.00. The molecule has 1 rings (SSSR count). The van der Waals surface area contributed by atoms with Crippen molar-refractivity contribution in [2.24, 2.45) is 0 Å². The molecule has 0 saturated carbocycles. The second kappa shape index (κ2) is 9.26. The van der Waals surface area contributed by atoms with Gasteiger partial charge in [0.1, 0.15) is 6.61 Å². The van der Waals surface area contributed by atoms with E-state index in [9.17, 15) is 4.79 Å². The molecule has 0 radical (unpaired) electrons. The Balaban J connectivity index is 1.97. The number of rotatable bonds is 6. The summed E-state index contributed by atoms with van der Waals surface area (Å²) in [4.78, 5) is 10.4. The van der Waals surface area contributed by atoms with E-state index in [1.807, 2.05) is 18.2 Å². The van der Waals surface area contributed by atoms with Gasteiger partial charge in [0.15, 0.2) is 6.61 Å². The molecule has 96 valence electrons. The molecule has 0 fully saturated rings. The first-order valence-corrected chi connectivity index (χ1v) is 6.00. The lowest BCUT2D eigenvalue weighted by Gasteiger charge is -2.01. The maximum absolute atomic E-state index is 10.4. The maximum atomic E-state index is 10.4. The van der Waals surface area contributed by atoms with E-state index in [1.54, 1.807) is 0 Å². The summed E-state index contributed by atoms with van der Waals surface area (Å²) in [5, 5.41) is 0. The van der Waals surface area contributed by atoms with Crippen LogP contribution in [0.15, 0.2) is 30.3 Å². The number of esters is 1. The molecule has 3 heteroatoms.